The van der Waals surface area contributed by atoms with Gasteiger partial charge in [-0.3, -0.25) is 9.59 Å². The molecule has 2 aromatic rings. The van der Waals surface area contributed by atoms with E-state index in [4.69, 9.17) is 4.74 Å². The second-order valence-electron chi connectivity index (χ2n) is 11.0. The van der Waals surface area contributed by atoms with Crippen molar-refractivity contribution in [2.24, 2.45) is 5.92 Å². The monoisotopic (exact) mass is 506 g/mol. The number of fused-ring (bicyclic) bond motifs is 1. The van der Waals surface area contributed by atoms with Crippen LogP contribution < -0.4 is 15.5 Å². The van der Waals surface area contributed by atoms with Gasteiger partial charge in [0.1, 0.15) is 11.6 Å². The standard InChI is InChI=1S/C29H38N4O4/c1-29(2,3)37-28(36)20-9-11-21(12-10-20)31-26(34)25-23-7-6-8-24(22(23)13-16-30-25)33-17-14-19(15-18-33)27(35)32(4)5/h6-12,19,25,30H,13-18H2,1-5H3,(H,31,34). The van der Waals surface area contributed by atoms with E-state index in [-0.39, 0.29) is 17.7 Å². The summed E-state index contributed by atoms with van der Waals surface area (Å²) in [5.41, 5.74) is 3.83. The van der Waals surface area contributed by atoms with Crippen LogP contribution in [0.3, 0.4) is 0 Å². The smallest absolute Gasteiger partial charge is 0.338 e. The fraction of sp³-hybridized carbons (Fsp3) is 0.483. The Hall–Kier alpha value is -3.39. The first-order valence-electron chi connectivity index (χ1n) is 13.0. The van der Waals surface area contributed by atoms with E-state index < -0.39 is 17.6 Å². The first-order chi connectivity index (χ1) is 17.5. The molecule has 0 spiro atoms. The van der Waals surface area contributed by atoms with E-state index in [1.807, 2.05) is 47.0 Å². The first kappa shape index (κ1) is 26.7. The first-order valence-corrected chi connectivity index (χ1v) is 13.0. The van der Waals surface area contributed by atoms with Crippen LogP contribution in [0, 0.1) is 5.92 Å². The normalized spacial score (nSPS) is 18.1. The van der Waals surface area contributed by atoms with Crippen molar-refractivity contribution in [3.63, 3.8) is 0 Å². The molecule has 1 saturated heterocycles. The Bertz CT molecular complexity index is 1150. The Morgan fingerprint density at radius 1 is 1.03 bits per heavy atom. The van der Waals surface area contributed by atoms with Crippen molar-refractivity contribution in [1.29, 1.82) is 0 Å². The van der Waals surface area contributed by atoms with E-state index in [9.17, 15) is 14.4 Å². The van der Waals surface area contributed by atoms with Crippen LogP contribution >= 0.6 is 0 Å². The lowest BCUT2D eigenvalue weighted by Gasteiger charge is -2.37. The van der Waals surface area contributed by atoms with Gasteiger partial charge in [-0.25, -0.2) is 4.79 Å². The Labute approximate surface area is 219 Å². The minimum atomic E-state index is -0.567. The average molecular weight is 507 g/mol. The molecule has 2 heterocycles. The minimum Gasteiger partial charge on any atom is -0.456 e. The predicted molar refractivity (Wildman–Crippen MR) is 145 cm³/mol. The van der Waals surface area contributed by atoms with E-state index >= 15 is 0 Å². The SMILES string of the molecule is CN(C)C(=O)C1CCN(c2cccc3c2CCNC3C(=O)Nc2ccc(C(=O)OC(C)(C)C)cc2)CC1. The van der Waals surface area contributed by atoms with Gasteiger partial charge in [-0.1, -0.05) is 12.1 Å². The number of hydrogen-bond acceptors (Lipinski definition) is 6. The van der Waals surface area contributed by atoms with E-state index in [1.165, 1.54) is 5.56 Å². The summed E-state index contributed by atoms with van der Waals surface area (Å²) in [4.78, 5) is 42.0. The highest BCUT2D eigenvalue weighted by Gasteiger charge is 2.31. The zero-order valence-corrected chi connectivity index (χ0v) is 22.5. The molecule has 2 aromatic carbocycles. The molecule has 2 amide bonds. The van der Waals surface area contributed by atoms with Gasteiger partial charge in [0.25, 0.3) is 0 Å². The van der Waals surface area contributed by atoms with Gasteiger partial charge < -0.3 is 25.2 Å². The van der Waals surface area contributed by atoms with Crippen molar-refractivity contribution in [2.45, 2.75) is 51.7 Å². The third-order valence-electron chi connectivity index (χ3n) is 6.90. The molecular weight excluding hydrogens is 468 g/mol. The summed E-state index contributed by atoms with van der Waals surface area (Å²) in [5, 5.41) is 6.35. The molecule has 1 atom stereocenters. The maximum atomic E-state index is 13.3. The zero-order valence-electron chi connectivity index (χ0n) is 22.5. The molecule has 0 aliphatic carbocycles. The highest BCUT2D eigenvalue weighted by atomic mass is 16.6. The second kappa shape index (κ2) is 10.9. The Balaban J connectivity index is 1.44. The lowest BCUT2D eigenvalue weighted by Crippen LogP contribution is -2.42. The molecule has 37 heavy (non-hydrogen) atoms. The maximum absolute atomic E-state index is 13.3. The van der Waals surface area contributed by atoms with Crippen molar-refractivity contribution >= 4 is 29.2 Å². The highest BCUT2D eigenvalue weighted by Crippen LogP contribution is 2.34. The Kier molecular flexibility index (Phi) is 7.87. The summed E-state index contributed by atoms with van der Waals surface area (Å²) in [7, 11) is 3.63. The molecule has 0 bridgehead atoms. The summed E-state index contributed by atoms with van der Waals surface area (Å²) in [5.74, 6) is -0.253. The summed E-state index contributed by atoms with van der Waals surface area (Å²) >= 11 is 0. The van der Waals surface area contributed by atoms with Crippen LogP contribution in [0.5, 0.6) is 0 Å². The number of carbonyl (C=O) groups excluding carboxylic acids is 3. The molecule has 0 radical (unpaired) electrons. The zero-order chi connectivity index (χ0) is 26.7. The van der Waals surface area contributed by atoms with E-state index in [1.54, 1.807) is 29.2 Å². The molecule has 1 unspecified atom stereocenters. The van der Waals surface area contributed by atoms with Gasteiger partial charge in [-0.05, 0) is 81.5 Å². The van der Waals surface area contributed by atoms with Crippen LogP contribution in [0.2, 0.25) is 0 Å². The molecule has 0 aromatic heterocycles. The Morgan fingerprint density at radius 3 is 2.32 bits per heavy atom. The van der Waals surface area contributed by atoms with Gasteiger partial charge in [-0.15, -0.1) is 0 Å². The van der Waals surface area contributed by atoms with E-state index in [0.717, 1.165) is 43.6 Å². The molecule has 4 rings (SSSR count). The van der Waals surface area contributed by atoms with Gasteiger partial charge in [0.2, 0.25) is 11.8 Å². The molecule has 8 nitrogen and oxygen atoms in total. The number of hydrogen-bond donors (Lipinski definition) is 2. The average Bonchev–Trinajstić information content (AvgIpc) is 2.87. The van der Waals surface area contributed by atoms with Crippen molar-refractivity contribution in [3.05, 3.63) is 59.2 Å². The number of anilines is 2. The van der Waals surface area contributed by atoms with Crippen LogP contribution in [-0.4, -0.2) is 62.0 Å². The van der Waals surface area contributed by atoms with Crippen LogP contribution in [0.25, 0.3) is 0 Å². The minimum absolute atomic E-state index is 0.0766. The topological polar surface area (TPSA) is 91.0 Å². The largest absolute Gasteiger partial charge is 0.456 e. The van der Waals surface area contributed by atoms with Crippen LogP contribution in [0.1, 0.15) is 61.1 Å². The maximum Gasteiger partial charge on any atom is 0.338 e. The lowest BCUT2D eigenvalue weighted by atomic mass is 9.90. The number of benzene rings is 2. The third kappa shape index (κ3) is 6.31. The Morgan fingerprint density at radius 2 is 1.70 bits per heavy atom. The van der Waals surface area contributed by atoms with Crippen molar-refractivity contribution in [1.82, 2.24) is 10.2 Å². The number of ether oxygens (including phenoxy) is 1. The fourth-order valence-corrected chi connectivity index (χ4v) is 5.09. The number of rotatable bonds is 5. The summed E-state index contributed by atoms with van der Waals surface area (Å²) < 4.78 is 5.41. The second-order valence-corrected chi connectivity index (χ2v) is 11.0. The number of piperidine rings is 1. The molecule has 2 N–H and O–H groups in total. The molecule has 198 valence electrons. The quantitative estimate of drug-likeness (QED) is 0.600. The highest BCUT2D eigenvalue weighted by molar-refractivity contribution is 5.97. The van der Waals surface area contributed by atoms with Gasteiger partial charge in [0.05, 0.1) is 5.56 Å². The van der Waals surface area contributed by atoms with E-state index in [0.29, 0.717) is 17.8 Å². The van der Waals surface area contributed by atoms with Gasteiger partial charge in [-0.2, -0.15) is 0 Å². The molecule has 8 heteroatoms. The molecule has 2 aliphatic rings. The number of carbonyl (C=O) groups is 3. The van der Waals surface area contributed by atoms with Gasteiger partial charge >= 0.3 is 5.97 Å². The third-order valence-corrected chi connectivity index (χ3v) is 6.90. The molecular formula is C29H38N4O4. The number of nitrogens with zero attached hydrogens (tertiary/aromatic N) is 2. The fourth-order valence-electron chi connectivity index (χ4n) is 5.09. The summed E-state index contributed by atoms with van der Waals surface area (Å²) in [6, 6.07) is 12.4. The molecule has 2 aliphatic heterocycles. The van der Waals surface area contributed by atoms with Gasteiger partial charge in [0.15, 0.2) is 0 Å². The lowest BCUT2D eigenvalue weighted by molar-refractivity contribution is -0.133. The molecule has 1 fully saturated rings. The molecule has 0 saturated carbocycles. The van der Waals surface area contributed by atoms with Gasteiger partial charge in [0, 0.05) is 51.0 Å². The van der Waals surface area contributed by atoms with Crippen LogP contribution in [-0.2, 0) is 20.7 Å². The number of amides is 2. The van der Waals surface area contributed by atoms with Crippen LogP contribution in [0.4, 0.5) is 11.4 Å². The summed E-state index contributed by atoms with van der Waals surface area (Å²) in [6.07, 6.45) is 2.51. The number of esters is 1. The van der Waals surface area contributed by atoms with Crippen LogP contribution in [0.15, 0.2) is 42.5 Å². The van der Waals surface area contributed by atoms with Crippen molar-refractivity contribution in [2.75, 3.05) is 43.9 Å². The number of nitrogens with one attached hydrogen (secondary N) is 2. The predicted octanol–water partition coefficient (Wildman–Crippen LogP) is 3.77. The van der Waals surface area contributed by atoms with E-state index in [2.05, 4.69) is 21.6 Å². The van der Waals surface area contributed by atoms with Crippen molar-refractivity contribution < 1.29 is 19.1 Å². The summed E-state index contributed by atoms with van der Waals surface area (Å²) in [6.45, 7) is 7.84. The van der Waals surface area contributed by atoms with Crippen molar-refractivity contribution in [3.8, 4) is 0 Å².